The van der Waals surface area contributed by atoms with Crippen molar-refractivity contribution in [3.05, 3.63) is 103 Å². The first kappa shape index (κ1) is 18.5. The van der Waals surface area contributed by atoms with Crippen molar-refractivity contribution in [2.24, 2.45) is 0 Å². The van der Waals surface area contributed by atoms with Crippen molar-refractivity contribution in [3.8, 4) is 22.4 Å². The Bertz CT molecular complexity index is 1100. The lowest BCUT2D eigenvalue weighted by molar-refractivity contribution is 1.08. The molecule has 3 heterocycles. The minimum absolute atomic E-state index is 0.534. The summed E-state index contributed by atoms with van der Waals surface area (Å²) in [6, 6.07) is 18.1. The van der Waals surface area contributed by atoms with Crippen LogP contribution in [0.1, 0.15) is 11.3 Å². The van der Waals surface area contributed by atoms with E-state index in [0.29, 0.717) is 12.4 Å². The molecule has 0 bridgehead atoms. The standard InChI is InChI=1S/C24H21N5/c1-17-13-21(10-11-25-17)23-9-8-19(14-26-23)12-18(2)29-24-27-15-22(16-28-24)20-6-4-3-5-7-20/h3-11,13-16H,2,12H2,1H3,(H,27,28,29). The minimum Gasteiger partial charge on any atom is -0.328 e. The van der Waals surface area contributed by atoms with Gasteiger partial charge in [-0.15, -0.1) is 0 Å². The van der Waals surface area contributed by atoms with Gasteiger partial charge in [-0.2, -0.15) is 0 Å². The number of aryl methyl sites for hydroxylation is 1. The van der Waals surface area contributed by atoms with Crippen LogP contribution in [-0.4, -0.2) is 19.9 Å². The van der Waals surface area contributed by atoms with Crippen molar-refractivity contribution >= 4 is 5.95 Å². The first-order valence-electron chi connectivity index (χ1n) is 9.37. The molecule has 0 atom stereocenters. The molecule has 5 nitrogen and oxygen atoms in total. The Labute approximate surface area is 170 Å². The van der Waals surface area contributed by atoms with Gasteiger partial charge in [-0.1, -0.05) is 43.0 Å². The molecular weight excluding hydrogens is 358 g/mol. The molecule has 0 saturated carbocycles. The smallest absolute Gasteiger partial charge is 0.226 e. The monoisotopic (exact) mass is 379 g/mol. The minimum atomic E-state index is 0.534. The van der Waals surface area contributed by atoms with Crippen LogP contribution in [0.25, 0.3) is 22.4 Å². The third-order valence-electron chi connectivity index (χ3n) is 4.48. The topological polar surface area (TPSA) is 63.6 Å². The van der Waals surface area contributed by atoms with Gasteiger partial charge in [0.1, 0.15) is 0 Å². The number of hydrogen-bond donors (Lipinski definition) is 1. The van der Waals surface area contributed by atoms with Crippen LogP contribution in [0.2, 0.25) is 0 Å². The lowest BCUT2D eigenvalue weighted by Gasteiger charge is -2.09. The van der Waals surface area contributed by atoms with Crippen molar-refractivity contribution in [1.29, 1.82) is 0 Å². The SMILES string of the molecule is C=C(Cc1ccc(-c2ccnc(C)c2)nc1)Nc1ncc(-c2ccccc2)cn1. The van der Waals surface area contributed by atoms with Crippen LogP contribution in [0.3, 0.4) is 0 Å². The first-order chi connectivity index (χ1) is 14.2. The van der Waals surface area contributed by atoms with Crippen LogP contribution < -0.4 is 5.32 Å². The molecule has 0 aliphatic rings. The molecule has 142 valence electrons. The van der Waals surface area contributed by atoms with Crippen LogP contribution in [0.4, 0.5) is 5.95 Å². The summed E-state index contributed by atoms with van der Waals surface area (Å²) in [4.78, 5) is 17.6. The zero-order chi connectivity index (χ0) is 20.1. The normalized spacial score (nSPS) is 10.5. The zero-order valence-electron chi connectivity index (χ0n) is 16.2. The van der Waals surface area contributed by atoms with Crippen LogP contribution in [-0.2, 0) is 6.42 Å². The van der Waals surface area contributed by atoms with Gasteiger partial charge < -0.3 is 5.32 Å². The number of hydrogen-bond acceptors (Lipinski definition) is 5. The van der Waals surface area contributed by atoms with Crippen LogP contribution in [0.5, 0.6) is 0 Å². The molecular formula is C24H21N5. The van der Waals surface area contributed by atoms with Gasteiger partial charge in [-0.05, 0) is 36.2 Å². The maximum atomic E-state index is 4.57. The lowest BCUT2D eigenvalue weighted by Crippen LogP contribution is -2.05. The predicted octanol–water partition coefficient (Wildman–Crippen LogP) is 5.08. The molecule has 0 saturated heterocycles. The Balaban J connectivity index is 1.38. The van der Waals surface area contributed by atoms with E-state index < -0.39 is 0 Å². The molecule has 0 spiro atoms. The highest BCUT2D eigenvalue weighted by Gasteiger charge is 2.05. The average Bonchev–Trinajstić information content (AvgIpc) is 2.75. The van der Waals surface area contributed by atoms with Gasteiger partial charge in [0, 0.05) is 53.7 Å². The molecule has 29 heavy (non-hydrogen) atoms. The maximum Gasteiger partial charge on any atom is 0.226 e. The number of allylic oxidation sites excluding steroid dienone is 1. The Morgan fingerprint density at radius 1 is 0.828 bits per heavy atom. The number of benzene rings is 1. The molecule has 0 radical (unpaired) electrons. The number of pyridine rings is 2. The van der Waals surface area contributed by atoms with Crippen molar-refractivity contribution in [3.63, 3.8) is 0 Å². The first-order valence-corrected chi connectivity index (χ1v) is 9.37. The van der Waals surface area contributed by atoms with Gasteiger partial charge in [-0.3, -0.25) is 9.97 Å². The fraction of sp³-hybridized carbons (Fsp3) is 0.0833. The van der Waals surface area contributed by atoms with Crippen molar-refractivity contribution < 1.29 is 0 Å². The van der Waals surface area contributed by atoms with Gasteiger partial charge >= 0.3 is 0 Å². The summed E-state index contributed by atoms with van der Waals surface area (Å²) in [6.45, 7) is 6.07. The highest BCUT2D eigenvalue weighted by molar-refractivity contribution is 5.62. The molecule has 0 fully saturated rings. The molecule has 5 heteroatoms. The quantitative estimate of drug-likeness (QED) is 0.506. The largest absolute Gasteiger partial charge is 0.328 e. The lowest BCUT2D eigenvalue weighted by atomic mass is 10.1. The Morgan fingerprint density at radius 3 is 2.31 bits per heavy atom. The summed E-state index contributed by atoms with van der Waals surface area (Å²) >= 11 is 0. The van der Waals surface area contributed by atoms with Crippen molar-refractivity contribution in [1.82, 2.24) is 19.9 Å². The van der Waals surface area contributed by atoms with E-state index in [4.69, 9.17) is 0 Å². The van der Waals surface area contributed by atoms with Gasteiger partial charge in [0.15, 0.2) is 0 Å². The highest BCUT2D eigenvalue weighted by atomic mass is 15.1. The third-order valence-corrected chi connectivity index (χ3v) is 4.48. The molecule has 0 amide bonds. The van der Waals surface area contributed by atoms with Crippen molar-refractivity contribution in [2.45, 2.75) is 13.3 Å². The van der Waals surface area contributed by atoms with Gasteiger partial charge in [0.2, 0.25) is 5.95 Å². The Morgan fingerprint density at radius 2 is 1.62 bits per heavy atom. The molecule has 4 rings (SSSR count). The molecule has 0 unspecified atom stereocenters. The predicted molar refractivity (Wildman–Crippen MR) is 116 cm³/mol. The third kappa shape index (κ3) is 4.71. The molecule has 3 aromatic heterocycles. The highest BCUT2D eigenvalue weighted by Crippen LogP contribution is 2.19. The molecule has 4 aromatic rings. The molecule has 0 aliphatic carbocycles. The Hall–Kier alpha value is -3.86. The van der Waals surface area contributed by atoms with Gasteiger partial charge in [-0.25, -0.2) is 9.97 Å². The van der Waals surface area contributed by atoms with Crippen molar-refractivity contribution in [2.75, 3.05) is 5.32 Å². The van der Waals surface area contributed by atoms with E-state index in [1.54, 1.807) is 6.20 Å². The van der Waals surface area contributed by atoms with E-state index in [0.717, 1.165) is 39.3 Å². The van der Waals surface area contributed by atoms with Gasteiger partial charge in [0.25, 0.3) is 0 Å². The summed E-state index contributed by atoms with van der Waals surface area (Å²) < 4.78 is 0. The molecule has 1 aromatic carbocycles. The summed E-state index contributed by atoms with van der Waals surface area (Å²) in [6.07, 6.45) is 7.94. The van der Waals surface area contributed by atoms with Crippen LogP contribution in [0, 0.1) is 6.92 Å². The van der Waals surface area contributed by atoms with Crippen LogP contribution in [0.15, 0.2) is 91.7 Å². The van der Waals surface area contributed by atoms with E-state index in [9.17, 15) is 0 Å². The zero-order valence-corrected chi connectivity index (χ0v) is 16.2. The fourth-order valence-electron chi connectivity index (χ4n) is 3.03. The van der Waals surface area contributed by atoms with Crippen LogP contribution >= 0.6 is 0 Å². The number of anilines is 1. The van der Waals surface area contributed by atoms with E-state index in [1.807, 2.05) is 74.0 Å². The summed E-state index contributed by atoms with van der Waals surface area (Å²) in [7, 11) is 0. The molecule has 1 N–H and O–H groups in total. The Kier molecular flexibility index (Phi) is 5.38. The van der Waals surface area contributed by atoms with Gasteiger partial charge in [0.05, 0.1) is 5.69 Å². The number of nitrogens with zero attached hydrogens (tertiary/aromatic N) is 4. The second kappa shape index (κ2) is 8.44. The summed E-state index contributed by atoms with van der Waals surface area (Å²) in [5, 5.41) is 3.17. The number of rotatable bonds is 6. The van der Waals surface area contributed by atoms with E-state index >= 15 is 0 Å². The number of nitrogens with one attached hydrogen (secondary N) is 1. The average molecular weight is 379 g/mol. The van der Waals surface area contributed by atoms with E-state index in [-0.39, 0.29) is 0 Å². The second-order valence-corrected chi connectivity index (χ2v) is 6.80. The van der Waals surface area contributed by atoms with E-state index in [1.165, 1.54) is 0 Å². The fourth-order valence-corrected chi connectivity index (χ4v) is 3.03. The summed E-state index contributed by atoms with van der Waals surface area (Å²) in [5.41, 5.74) is 6.92. The van der Waals surface area contributed by atoms with E-state index in [2.05, 4.69) is 37.9 Å². The molecule has 0 aliphatic heterocycles. The maximum absolute atomic E-state index is 4.57. The number of aromatic nitrogens is 4. The second-order valence-electron chi connectivity index (χ2n) is 6.80. The summed E-state index contributed by atoms with van der Waals surface area (Å²) in [5.74, 6) is 0.534.